The molecule has 0 saturated carbocycles. The molecule has 0 N–H and O–H groups in total. The molecule has 0 aromatic heterocycles. The number of carboxylic acids is 1. The van der Waals surface area contributed by atoms with Crippen LogP contribution in [0.4, 0.5) is 23.2 Å². The Balaban J connectivity index is 3.76. The topological polar surface area (TPSA) is 88.9 Å². The van der Waals surface area contributed by atoms with Gasteiger partial charge in [-0.25, -0.2) is 17.6 Å². The number of carboxylic acid groups (broad SMARTS) is 1. The molecule has 0 aliphatic carbocycles. The van der Waals surface area contributed by atoms with Crippen LogP contribution in [-0.2, 0) is 0 Å². The van der Waals surface area contributed by atoms with Gasteiger partial charge in [-0.2, -0.15) is 0 Å². The molecule has 9 heteroatoms. The number of halogens is 4. The van der Waals surface area contributed by atoms with Crippen LogP contribution in [0.1, 0.15) is 10.4 Å². The van der Waals surface area contributed by atoms with Crippen LogP contribution in [0.3, 0.4) is 0 Å². The Morgan fingerprint density at radius 1 is 1.12 bits per heavy atom. The first-order chi connectivity index (χ1) is 7.41. The number of benzene rings is 1. The fraction of sp³-hybridized carbons (Fsp3) is 0. The Morgan fingerprint density at radius 3 is 1.88 bits per heavy atom. The predicted octanol–water partition coefficient (Wildman–Crippen LogP) is 1.55. The Hall–Kier alpha value is -2.28. The van der Waals surface area contributed by atoms with E-state index >= 15 is 0 Å². The normalized spacial score (nSPS) is 9.75. The molecule has 84 valence electrons. The zero-order valence-electron chi connectivity index (χ0n) is 7.17. The first-order valence-corrected chi connectivity index (χ1v) is 3.54. The van der Waals surface area contributed by atoms with Crippen LogP contribution in [0.5, 0.6) is 0 Å². The van der Waals surface area contributed by atoms with E-state index in [1.807, 2.05) is 4.91 Å². The lowest BCUT2D eigenvalue weighted by atomic mass is 10.1. The number of carbonyl (C=O) groups is 1. The number of hydrogen-bond acceptors (Lipinski definition) is 3. The molecule has 16 heavy (non-hydrogen) atoms. The van der Waals surface area contributed by atoms with Crippen molar-refractivity contribution in [1.29, 1.82) is 0 Å². The average molecular weight is 234 g/mol. The van der Waals surface area contributed by atoms with Gasteiger partial charge < -0.3 is 9.90 Å². The van der Waals surface area contributed by atoms with Gasteiger partial charge in [0.2, 0.25) is 0 Å². The summed E-state index contributed by atoms with van der Waals surface area (Å²) in [5, 5.41) is 12.6. The van der Waals surface area contributed by atoms with Crippen molar-refractivity contribution in [3.8, 4) is 0 Å². The van der Waals surface area contributed by atoms with Crippen molar-refractivity contribution in [2.75, 3.05) is 0 Å². The number of rotatable bonds is 2. The number of aromatic carboxylic acids is 1. The molecule has 0 spiro atoms. The largest absolute Gasteiger partial charge is 0.545 e. The molecule has 0 aliphatic heterocycles. The zero-order valence-corrected chi connectivity index (χ0v) is 7.17. The van der Waals surface area contributed by atoms with Crippen LogP contribution in [0, 0.1) is 23.3 Å². The van der Waals surface area contributed by atoms with Crippen molar-refractivity contribution >= 4 is 11.7 Å². The summed E-state index contributed by atoms with van der Waals surface area (Å²) in [7, 11) is 0. The van der Waals surface area contributed by atoms with Crippen LogP contribution >= 0.6 is 0 Å². The van der Waals surface area contributed by atoms with E-state index < -0.39 is 40.5 Å². The summed E-state index contributed by atoms with van der Waals surface area (Å²) in [4.78, 5) is 12.1. The van der Waals surface area contributed by atoms with Crippen molar-refractivity contribution < 1.29 is 27.5 Å². The van der Waals surface area contributed by atoms with Crippen molar-refractivity contribution in [1.82, 2.24) is 0 Å². The number of nitrogens with zero attached hydrogens (tertiary/aromatic N) is 3. The van der Waals surface area contributed by atoms with Crippen molar-refractivity contribution in [3.05, 3.63) is 39.3 Å². The second kappa shape index (κ2) is 4.07. The van der Waals surface area contributed by atoms with Gasteiger partial charge >= 0.3 is 0 Å². The van der Waals surface area contributed by atoms with Gasteiger partial charge in [-0.15, -0.1) is 0 Å². The minimum Gasteiger partial charge on any atom is -0.545 e. The summed E-state index contributed by atoms with van der Waals surface area (Å²) >= 11 is 0. The fourth-order valence-corrected chi connectivity index (χ4v) is 0.932. The molecule has 0 atom stereocenters. The molecule has 0 radical (unpaired) electrons. The Kier molecular flexibility index (Phi) is 3.00. The monoisotopic (exact) mass is 234 g/mol. The minimum absolute atomic E-state index is 1.58. The van der Waals surface area contributed by atoms with Crippen LogP contribution < -0.4 is 5.11 Å². The van der Waals surface area contributed by atoms with E-state index in [1.54, 1.807) is 0 Å². The van der Waals surface area contributed by atoms with Gasteiger partial charge in [-0.05, 0) is 5.53 Å². The smallest absolute Gasteiger partial charge is 0.172 e. The first kappa shape index (κ1) is 11.8. The molecule has 5 nitrogen and oxygen atoms in total. The van der Waals surface area contributed by atoms with Gasteiger partial charge in [-0.3, -0.25) is 0 Å². The molecule has 0 aliphatic rings. The second-order valence-corrected chi connectivity index (χ2v) is 2.46. The third-order valence-electron chi connectivity index (χ3n) is 1.59. The van der Waals surface area contributed by atoms with Crippen LogP contribution in [0.15, 0.2) is 5.11 Å². The van der Waals surface area contributed by atoms with E-state index in [0.717, 1.165) is 0 Å². The van der Waals surface area contributed by atoms with E-state index in [2.05, 4.69) is 5.11 Å². The summed E-state index contributed by atoms with van der Waals surface area (Å²) in [6, 6.07) is 0. The highest BCUT2D eigenvalue weighted by Crippen LogP contribution is 2.29. The molecular weight excluding hydrogens is 234 g/mol. The number of azide groups is 1. The van der Waals surface area contributed by atoms with E-state index in [9.17, 15) is 27.5 Å². The zero-order chi connectivity index (χ0) is 12.5. The highest BCUT2D eigenvalue weighted by Gasteiger charge is 2.25. The van der Waals surface area contributed by atoms with Crippen molar-refractivity contribution in [2.24, 2.45) is 5.11 Å². The summed E-state index contributed by atoms with van der Waals surface area (Å²) in [5.41, 5.74) is 4.40. The maximum atomic E-state index is 12.9. The molecule has 0 unspecified atom stereocenters. The maximum absolute atomic E-state index is 12.9. The summed E-state index contributed by atoms with van der Waals surface area (Å²) in [6.45, 7) is 0. The van der Waals surface area contributed by atoms with Crippen LogP contribution in [-0.4, -0.2) is 5.97 Å². The molecule has 0 amide bonds. The highest BCUT2D eigenvalue weighted by molar-refractivity contribution is 5.87. The maximum Gasteiger partial charge on any atom is 0.172 e. The quantitative estimate of drug-likeness (QED) is 0.255. The minimum atomic E-state index is -2.43. The Labute approximate surface area is 84.5 Å². The lowest BCUT2D eigenvalue weighted by Crippen LogP contribution is -2.26. The van der Waals surface area contributed by atoms with Crippen LogP contribution in [0.25, 0.3) is 10.4 Å². The lowest BCUT2D eigenvalue weighted by Gasteiger charge is -2.09. The van der Waals surface area contributed by atoms with Gasteiger partial charge in [0.15, 0.2) is 23.3 Å². The number of carbonyl (C=O) groups excluding carboxylic acids is 1. The van der Waals surface area contributed by atoms with Gasteiger partial charge in [0.1, 0.15) is 5.69 Å². The summed E-state index contributed by atoms with van der Waals surface area (Å²) < 4.78 is 51.6. The first-order valence-electron chi connectivity index (χ1n) is 3.54. The molecule has 1 aromatic carbocycles. The molecule has 0 fully saturated rings. The standard InChI is InChI=1S/C7HF4N3O2/c8-2-1(7(15)16)3(9)5(11)6(4(2)10)13-14-12/h(H,15,16)/p-1. The Bertz CT molecular complexity index is 463. The molecule has 0 saturated heterocycles. The number of hydrogen-bond donors (Lipinski definition) is 0. The van der Waals surface area contributed by atoms with Gasteiger partial charge in [-0.1, -0.05) is 5.11 Å². The van der Waals surface area contributed by atoms with Crippen LogP contribution in [0.2, 0.25) is 0 Å². The predicted molar refractivity (Wildman–Crippen MR) is 39.4 cm³/mol. The van der Waals surface area contributed by atoms with Gasteiger partial charge in [0, 0.05) is 4.91 Å². The van der Waals surface area contributed by atoms with Gasteiger partial charge in [0.05, 0.1) is 11.5 Å². The third kappa shape index (κ3) is 1.63. The van der Waals surface area contributed by atoms with E-state index in [1.165, 1.54) is 0 Å². The fourth-order valence-electron chi connectivity index (χ4n) is 0.932. The third-order valence-corrected chi connectivity index (χ3v) is 1.59. The SMILES string of the molecule is [N-]=[N+]=Nc1c(F)c(F)c(C(=O)[O-])c(F)c1F. The molecular formula is C7F4N3O2-. The summed E-state index contributed by atoms with van der Waals surface area (Å²) in [6.07, 6.45) is 0. The highest BCUT2D eigenvalue weighted by atomic mass is 19.2. The molecule has 0 bridgehead atoms. The van der Waals surface area contributed by atoms with E-state index in [0.29, 0.717) is 0 Å². The van der Waals surface area contributed by atoms with Crippen molar-refractivity contribution in [3.63, 3.8) is 0 Å². The molecule has 1 rings (SSSR count). The van der Waals surface area contributed by atoms with Crippen molar-refractivity contribution in [2.45, 2.75) is 0 Å². The molecule has 1 aromatic rings. The second-order valence-electron chi connectivity index (χ2n) is 2.46. The summed E-state index contributed by atoms with van der Waals surface area (Å²) in [5.74, 6) is -11.0. The van der Waals surface area contributed by atoms with E-state index in [-0.39, 0.29) is 0 Å². The van der Waals surface area contributed by atoms with E-state index in [4.69, 9.17) is 5.53 Å². The molecule has 0 heterocycles. The Morgan fingerprint density at radius 2 is 1.56 bits per heavy atom. The lowest BCUT2D eigenvalue weighted by molar-refractivity contribution is -0.255. The van der Waals surface area contributed by atoms with Gasteiger partial charge in [0.25, 0.3) is 0 Å². The average Bonchev–Trinajstić information content (AvgIpc) is 2.21.